The van der Waals surface area contributed by atoms with E-state index in [2.05, 4.69) is 31.3 Å². The third-order valence-electron chi connectivity index (χ3n) is 3.35. The van der Waals surface area contributed by atoms with Crippen LogP contribution in [0.2, 0.25) is 0 Å². The molecule has 0 atom stereocenters. The highest BCUT2D eigenvalue weighted by Crippen LogP contribution is 2.24. The highest BCUT2D eigenvalue weighted by molar-refractivity contribution is 5.53. The zero-order chi connectivity index (χ0) is 14.6. The van der Waals surface area contributed by atoms with Gasteiger partial charge in [0, 0.05) is 11.2 Å². The van der Waals surface area contributed by atoms with E-state index in [1.54, 1.807) is 12.1 Å². The summed E-state index contributed by atoms with van der Waals surface area (Å²) in [6, 6.07) is 15.0. The molecule has 0 fully saturated rings. The normalized spacial score (nSPS) is 11.3. The van der Waals surface area contributed by atoms with E-state index in [-0.39, 0.29) is 11.4 Å². The van der Waals surface area contributed by atoms with E-state index in [1.165, 1.54) is 11.6 Å². The first-order valence-electron chi connectivity index (χ1n) is 6.83. The lowest BCUT2D eigenvalue weighted by Crippen LogP contribution is -2.31. The van der Waals surface area contributed by atoms with Crippen LogP contribution in [0, 0.1) is 5.82 Å². The predicted octanol–water partition coefficient (Wildman–Crippen LogP) is 4.23. The van der Waals surface area contributed by atoms with Crippen LogP contribution < -0.4 is 11.1 Å². The molecular weight excluding hydrogens is 251 g/mol. The van der Waals surface area contributed by atoms with Crippen LogP contribution in [-0.2, 0) is 6.42 Å². The average Bonchev–Trinajstić information content (AvgIpc) is 2.41. The van der Waals surface area contributed by atoms with Crippen molar-refractivity contribution in [2.45, 2.75) is 32.2 Å². The summed E-state index contributed by atoms with van der Waals surface area (Å²) in [6.45, 7) is 4.15. The summed E-state index contributed by atoms with van der Waals surface area (Å²) in [7, 11) is 0. The molecule has 2 aromatic rings. The minimum Gasteiger partial charge on any atom is -0.399 e. The molecule has 0 radical (unpaired) electrons. The van der Waals surface area contributed by atoms with Crippen LogP contribution in [0.25, 0.3) is 0 Å². The van der Waals surface area contributed by atoms with Gasteiger partial charge in [-0.25, -0.2) is 4.39 Å². The first-order valence-corrected chi connectivity index (χ1v) is 6.83. The Kier molecular flexibility index (Phi) is 4.28. The van der Waals surface area contributed by atoms with Crippen molar-refractivity contribution in [1.29, 1.82) is 0 Å². The SMILES string of the molecule is CC(C)(CCc1ccccc1)Nc1ccc(N)cc1F. The standard InChI is InChI=1S/C17H21FN2/c1-17(2,11-10-13-6-4-3-5-7-13)20-16-9-8-14(19)12-15(16)18/h3-9,12,20H,10-11,19H2,1-2H3. The Morgan fingerprint density at radius 1 is 1.10 bits per heavy atom. The van der Waals surface area contributed by atoms with Crippen molar-refractivity contribution in [3.05, 3.63) is 59.9 Å². The van der Waals surface area contributed by atoms with Gasteiger partial charge in [-0.1, -0.05) is 30.3 Å². The highest BCUT2D eigenvalue weighted by Gasteiger charge is 2.18. The lowest BCUT2D eigenvalue weighted by molar-refractivity contribution is 0.512. The second kappa shape index (κ2) is 5.95. The van der Waals surface area contributed by atoms with Gasteiger partial charge in [0.05, 0.1) is 5.69 Å². The van der Waals surface area contributed by atoms with E-state index >= 15 is 0 Å². The Labute approximate surface area is 119 Å². The molecule has 2 aromatic carbocycles. The Hall–Kier alpha value is -2.03. The Morgan fingerprint density at radius 3 is 2.45 bits per heavy atom. The van der Waals surface area contributed by atoms with Crippen molar-refractivity contribution in [2.75, 3.05) is 11.1 Å². The van der Waals surface area contributed by atoms with Gasteiger partial charge in [-0.05, 0) is 50.5 Å². The number of nitrogens with one attached hydrogen (secondary N) is 1. The summed E-state index contributed by atoms with van der Waals surface area (Å²) >= 11 is 0. The Morgan fingerprint density at radius 2 is 1.80 bits per heavy atom. The Bertz CT molecular complexity index is 564. The number of halogens is 1. The van der Waals surface area contributed by atoms with E-state index in [0.29, 0.717) is 11.4 Å². The molecule has 2 rings (SSSR count). The third-order valence-corrected chi connectivity index (χ3v) is 3.35. The van der Waals surface area contributed by atoms with Crippen LogP contribution in [0.1, 0.15) is 25.8 Å². The van der Waals surface area contributed by atoms with Crippen LogP contribution in [0.15, 0.2) is 48.5 Å². The van der Waals surface area contributed by atoms with Crippen molar-refractivity contribution in [3.8, 4) is 0 Å². The molecule has 0 aliphatic carbocycles. The van der Waals surface area contributed by atoms with Gasteiger partial charge in [-0.15, -0.1) is 0 Å². The fourth-order valence-electron chi connectivity index (χ4n) is 2.16. The van der Waals surface area contributed by atoms with Crippen LogP contribution in [0.5, 0.6) is 0 Å². The summed E-state index contributed by atoms with van der Waals surface area (Å²) in [5.74, 6) is -0.308. The maximum Gasteiger partial charge on any atom is 0.148 e. The maximum absolute atomic E-state index is 13.8. The molecule has 2 nitrogen and oxygen atoms in total. The van der Waals surface area contributed by atoms with Crippen molar-refractivity contribution in [2.24, 2.45) is 0 Å². The first-order chi connectivity index (χ1) is 9.46. The van der Waals surface area contributed by atoms with Gasteiger partial charge in [0.1, 0.15) is 5.82 Å². The molecule has 0 bridgehead atoms. The topological polar surface area (TPSA) is 38.0 Å². The molecule has 0 amide bonds. The van der Waals surface area contributed by atoms with Gasteiger partial charge in [0.15, 0.2) is 0 Å². The summed E-state index contributed by atoms with van der Waals surface area (Å²) in [5.41, 5.74) is 7.60. The molecule has 3 heteroatoms. The zero-order valence-corrected chi connectivity index (χ0v) is 12.0. The molecule has 106 valence electrons. The van der Waals surface area contributed by atoms with Crippen molar-refractivity contribution < 1.29 is 4.39 Å². The predicted molar refractivity (Wildman–Crippen MR) is 83.3 cm³/mol. The maximum atomic E-state index is 13.8. The van der Waals surface area contributed by atoms with E-state index in [4.69, 9.17) is 5.73 Å². The van der Waals surface area contributed by atoms with Crippen LogP contribution in [-0.4, -0.2) is 5.54 Å². The molecule has 20 heavy (non-hydrogen) atoms. The zero-order valence-electron chi connectivity index (χ0n) is 12.0. The summed E-state index contributed by atoms with van der Waals surface area (Å²) < 4.78 is 13.8. The first kappa shape index (κ1) is 14.4. The number of rotatable bonds is 5. The van der Waals surface area contributed by atoms with E-state index in [9.17, 15) is 4.39 Å². The molecule has 0 aromatic heterocycles. The number of benzene rings is 2. The second-order valence-electron chi connectivity index (χ2n) is 5.73. The van der Waals surface area contributed by atoms with Crippen molar-refractivity contribution in [1.82, 2.24) is 0 Å². The van der Waals surface area contributed by atoms with E-state index in [0.717, 1.165) is 12.8 Å². The summed E-state index contributed by atoms with van der Waals surface area (Å²) in [5, 5.41) is 3.25. The average molecular weight is 272 g/mol. The van der Waals surface area contributed by atoms with Crippen molar-refractivity contribution >= 4 is 11.4 Å². The summed E-state index contributed by atoms with van der Waals surface area (Å²) in [4.78, 5) is 0. The fourth-order valence-corrected chi connectivity index (χ4v) is 2.16. The minimum absolute atomic E-state index is 0.188. The van der Waals surface area contributed by atoms with Gasteiger partial charge in [-0.3, -0.25) is 0 Å². The quantitative estimate of drug-likeness (QED) is 0.799. The van der Waals surface area contributed by atoms with Crippen LogP contribution in [0.4, 0.5) is 15.8 Å². The van der Waals surface area contributed by atoms with Gasteiger partial charge in [0.25, 0.3) is 0 Å². The monoisotopic (exact) mass is 272 g/mol. The molecule has 0 saturated heterocycles. The number of hydrogen-bond donors (Lipinski definition) is 2. The minimum atomic E-state index is -0.308. The van der Waals surface area contributed by atoms with Gasteiger partial charge in [0.2, 0.25) is 0 Å². The lowest BCUT2D eigenvalue weighted by Gasteiger charge is -2.28. The van der Waals surface area contributed by atoms with Crippen LogP contribution in [0.3, 0.4) is 0 Å². The van der Waals surface area contributed by atoms with Crippen LogP contribution >= 0.6 is 0 Å². The van der Waals surface area contributed by atoms with Crippen molar-refractivity contribution in [3.63, 3.8) is 0 Å². The fraction of sp³-hybridized carbons (Fsp3) is 0.294. The summed E-state index contributed by atoms with van der Waals surface area (Å²) in [6.07, 6.45) is 1.87. The van der Waals surface area contributed by atoms with Gasteiger partial charge >= 0.3 is 0 Å². The number of hydrogen-bond acceptors (Lipinski definition) is 2. The molecule has 0 spiro atoms. The van der Waals surface area contributed by atoms with Gasteiger partial charge < -0.3 is 11.1 Å². The lowest BCUT2D eigenvalue weighted by atomic mass is 9.95. The highest BCUT2D eigenvalue weighted by atomic mass is 19.1. The smallest absolute Gasteiger partial charge is 0.148 e. The largest absolute Gasteiger partial charge is 0.399 e. The van der Waals surface area contributed by atoms with E-state index in [1.807, 2.05) is 18.2 Å². The molecule has 0 aliphatic rings. The third kappa shape index (κ3) is 3.98. The number of nitrogens with two attached hydrogens (primary N) is 1. The molecular formula is C17H21FN2. The molecule has 3 N–H and O–H groups in total. The molecule has 0 aliphatic heterocycles. The number of anilines is 2. The second-order valence-corrected chi connectivity index (χ2v) is 5.73. The van der Waals surface area contributed by atoms with Gasteiger partial charge in [-0.2, -0.15) is 0 Å². The molecule has 0 saturated carbocycles. The molecule has 0 heterocycles. The number of aryl methyl sites for hydroxylation is 1. The Balaban J connectivity index is 2.00. The number of nitrogen functional groups attached to an aromatic ring is 1. The molecule has 0 unspecified atom stereocenters. The van der Waals surface area contributed by atoms with E-state index < -0.39 is 0 Å².